The molecule has 1 aliphatic rings. The minimum Gasteiger partial charge on any atom is -0.486 e. The van der Waals surface area contributed by atoms with Crippen LogP contribution in [-0.4, -0.2) is 34.2 Å². The van der Waals surface area contributed by atoms with Crippen molar-refractivity contribution in [2.45, 2.75) is 12.6 Å². The van der Waals surface area contributed by atoms with Gasteiger partial charge in [0.15, 0.2) is 23.4 Å². The molecular formula is C26H21N3O4. The van der Waals surface area contributed by atoms with Crippen LogP contribution in [0.4, 0.5) is 5.69 Å². The number of benzene rings is 3. The number of para-hydroxylation sites is 2. The van der Waals surface area contributed by atoms with Gasteiger partial charge in [-0.05, 0) is 18.2 Å². The minimum absolute atomic E-state index is 0.201. The Labute approximate surface area is 190 Å². The van der Waals surface area contributed by atoms with Gasteiger partial charge in [-0.1, -0.05) is 60.7 Å². The van der Waals surface area contributed by atoms with Crippen LogP contribution in [0.3, 0.4) is 0 Å². The van der Waals surface area contributed by atoms with Crippen LogP contribution in [-0.2, 0) is 6.54 Å². The third-order valence-electron chi connectivity index (χ3n) is 5.30. The number of anilines is 1. The first-order valence-electron chi connectivity index (χ1n) is 10.6. The van der Waals surface area contributed by atoms with Crippen LogP contribution in [0.15, 0.2) is 91.3 Å². The third-order valence-corrected chi connectivity index (χ3v) is 5.30. The van der Waals surface area contributed by atoms with Gasteiger partial charge in [0.25, 0.3) is 5.91 Å². The monoisotopic (exact) mass is 439 g/mol. The van der Waals surface area contributed by atoms with Gasteiger partial charge in [0.05, 0.1) is 24.0 Å². The summed E-state index contributed by atoms with van der Waals surface area (Å²) in [4.78, 5) is 25.9. The van der Waals surface area contributed by atoms with Crippen molar-refractivity contribution < 1.29 is 19.1 Å². The average Bonchev–Trinajstić information content (AvgIpc) is 3.30. The number of hydrogen-bond donors (Lipinski definition) is 1. The highest BCUT2D eigenvalue weighted by Gasteiger charge is 2.22. The average molecular weight is 439 g/mol. The number of ether oxygens (including phenoxy) is 2. The van der Waals surface area contributed by atoms with Crippen LogP contribution in [0.5, 0.6) is 11.5 Å². The molecule has 1 amide bonds. The molecule has 0 fully saturated rings. The molecule has 0 aliphatic carbocycles. The Kier molecular flexibility index (Phi) is 5.59. The number of hydrogen-bond acceptors (Lipinski definition) is 5. The van der Waals surface area contributed by atoms with E-state index < -0.39 is 0 Å². The van der Waals surface area contributed by atoms with Gasteiger partial charge in [-0.2, -0.15) is 5.10 Å². The number of ketones is 1. The maximum absolute atomic E-state index is 13.0. The molecule has 0 radical (unpaired) electrons. The zero-order chi connectivity index (χ0) is 22.6. The highest BCUT2D eigenvalue weighted by molar-refractivity contribution is 6.17. The van der Waals surface area contributed by atoms with E-state index in [1.54, 1.807) is 65.6 Å². The first-order valence-corrected chi connectivity index (χ1v) is 10.6. The fraction of sp³-hybridized carbons (Fsp3) is 0.115. The lowest BCUT2D eigenvalue weighted by atomic mass is 9.98. The van der Waals surface area contributed by atoms with E-state index in [-0.39, 0.29) is 17.8 Å². The van der Waals surface area contributed by atoms with E-state index in [0.29, 0.717) is 41.3 Å². The fourth-order valence-corrected chi connectivity index (χ4v) is 3.71. The number of amides is 1. The Balaban J connectivity index is 1.27. The van der Waals surface area contributed by atoms with Crippen LogP contribution in [0.2, 0.25) is 0 Å². The van der Waals surface area contributed by atoms with Gasteiger partial charge in [0.1, 0.15) is 6.61 Å². The van der Waals surface area contributed by atoms with Gasteiger partial charge in [-0.15, -0.1) is 0 Å². The van der Waals surface area contributed by atoms with E-state index in [0.717, 1.165) is 5.75 Å². The number of fused-ring (bicyclic) bond motifs is 1. The first-order chi connectivity index (χ1) is 16.2. The molecule has 3 aromatic carbocycles. The van der Waals surface area contributed by atoms with Crippen LogP contribution < -0.4 is 14.8 Å². The smallest absolute Gasteiger partial charge is 0.256 e. The van der Waals surface area contributed by atoms with Gasteiger partial charge in [-0.25, -0.2) is 0 Å². The normalized spacial score (nSPS) is 14.5. The summed E-state index contributed by atoms with van der Waals surface area (Å²) in [6, 6.07) is 23.2. The molecule has 2 heterocycles. The van der Waals surface area contributed by atoms with Crippen LogP contribution in [0.25, 0.3) is 0 Å². The Hall–Kier alpha value is -4.39. The molecule has 0 saturated carbocycles. The summed E-state index contributed by atoms with van der Waals surface area (Å²) in [5.74, 6) is 0.854. The lowest BCUT2D eigenvalue weighted by molar-refractivity contribution is 0.0759. The zero-order valence-electron chi connectivity index (χ0n) is 17.7. The largest absolute Gasteiger partial charge is 0.486 e. The molecule has 1 aromatic heterocycles. The Morgan fingerprint density at radius 1 is 0.909 bits per heavy atom. The van der Waals surface area contributed by atoms with E-state index in [4.69, 9.17) is 9.47 Å². The summed E-state index contributed by atoms with van der Waals surface area (Å²) in [5.41, 5.74) is 1.71. The van der Waals surface area contributed by atoms with Crippen molar-refractivity contribution in [2.24, 2.45) is 0 Å². The van der Waals surface area contributed by atoms with E-state index >= 15 is 0 Å². The standard InChI is InChI=1S/C26H21N3O4/c30-25(18-8-2-1-3-9-18)21-10-4-5-11-22(21)26(31)28-19-14-27-29(15-19)16-20-17-32-23-12-6-7-13-24(23)33-20/h1-15,20H,16-17H2,(H,28,31)/t20-/m0/s1. The molecule has 1 atom stereocenters. The quantitative estimate of drug-likeness (QED) is 0.455. The second-order valence-electron chi connectivity index (χ2n) is 7.64. The van der Waals surface area contributed by atoms with Gasteiger partial charge in [0, 0.05) is 17.3 Å². The number of nitrogens with one attached hydrogen (secondary N) is 1. The van der Waals surface area contributed by atoms with Crippen molar-refractivity contribution >= 4 is 17.4 Å². The lowest BCUT2D eigenvalue weighted by Crippen LogP contribution is -2.33. The Bertz CT molecular complexity index is 1300. The predicted molar refractivity (Wildman–Crippen MR) is 123 cm³/mol. The predicted octanol–water partition coefficient (Wildman–Crippen LogP) is 4.21. The second kappa shape index (κ2) is 9.00. The van der Waals surface area contributed by atoms with Crippen LogP contribution >= 0.6 is 0 Å². The highest BCUT2D eigenvalue weighted by Crippen LogP contribution is 2.31. The van der Waals surface area contributed by atoms with Gasteiger partial charge < -0.3 is 14.8 Å². The molecule has 0 saturated heterocycles. The van der Waals surface area contributed by atoms with Gasteiger partial charge in [-0.3, -0.25) is 14.3 Å². The molecule has 4 aromatic rings. The summed E-state index contributed by atoms with van der Waals surface area (Å²) >= 11 is 0. The fourth-order valence-electron chi connectivity index (χ4n) is 3.71. The van der Waals surface area contributed by atoms with Crippen molar-refractivity contribution in [3.05, 3.63) is 108 Å². The highest BCUT2D eigenvalue weighted by atomic mass is 16.6. The topological polar surface area (TPSA) is 82.5 Å². The summed E-state index contributed by atoms with van der Waals surface area (Å²) in [6.45, 7) is 0.876. The minimum atomic E-state index is -0.374. The molecule has 1 aliphatic heterocycles. The summed E-state index contributed by atoms with van der Waals surface area (Å²) in [5, 5.41) is 7.15. The zero-order valence-corrected chi connectivity index (χ0v) is 17.7. The summed E-state index contributed by atoms with van der Waals surface area (Å²) in [7, 11) is 0. The third kappa shape index (κ3) is 4.48. The molecule has 0 spiro atoms. The second-order valence-corrected chi connectivity index (χ2v) is 7.64. The number of carbonyl (C=O) groups excluding carboxylic acids is 2. The van der Waals surface area contributed by atoms with E-state index in [1.807, 2.05) is 30.3 Å². The van der Waals surface area contributed by atoms with Crippen molar-refractivity contribution in [3.8, 4) is 11.5 Å². The van der Waals surface area contributed by atoms with Crippen molar-refractivity contribution in [2.75, 3.05) is 11.9 Å². The van der Waals surface area contributed by atoms with E-state index in [1.165, 1.54) is 0 Å². The molecule has 0 unspecified atom stereocenters. The van der Waals surface area contributed by atoms with Crippen LogP contribution in [0, 0.1) is 0 Å². The van der Waals surface area contributed by atoms with Crippen LogP contribution in [0.1, 0.15) is 26.3 Å². The van der Waals surface area contributed by atoms with Crippen molar-refractivity contribution in [3.63, 3.8) is 0 Å². The molecule has 5 rings (SSSR count). The first kappa shape index (κ1) is 20.5. The molecule has 0 bridgehead atoms. The van der Waals surface area contributed by atoms with Crippen molar-refractivity contribution in [1.82, 2.24) is 9.78 Å². The number of rotatable bonds is 6. The Morgan fingerprint density at radius 2 is 1.61 bits per heavy atom. The molecule has 33 heavy (non-hydrogen) atoms. The molecular weight excluding hydrogens is 418 g/mol. The maximum Gasteiger partial charge on any atom is 0.256 e. The summed E-state index contributed by atoms with van der Waals surface area (Å²) < 4.78 is 13.4. The van der Waals surface area contributed by atoms with E-state index in [9.17, 15) is 9.59 Å². The number of carbonyl (C=O) groups is 2. The summed E-state index contributed by atoms with van der Waals surface area (Å²) in [6.07, 6.45) is 3.09. The number of aromatic nitrogens is 2. The number of nitrogens with zero attached hydrogens (tertiary/aromatic N) is 2. The van der Waals surface area contributed by atoms with Gasteiger partial charge in [0.2, 0.25) is 0 Å². The molecule has 164 valence electrons. The molecule has 7 nitrogen and oxygen atoms in total. The lowest BCUT2D eigenvalue weighted by Gasteiger charge is -2.26. The van der Waals surface area contributed by atoms with Gasteiger partial charge >= 0.3 is 0 Å². The SMILES string of the molecule is O=C(Nc1cnn(C[C@H]2COc3ccccc3O2)c1)c1ccccc1C(=O)c1ccccc1. The van der Waals surface area contributed by atoms with E-state index in [2.05, 4.69) is 10.4 Å². The maximum atomic E-state index is 13.0. The Morgan fingerprint density at radius 3 is 2.42 bits per heavy atom. The van der Waals surface area contributed by atoms with Crippen molar-refractivity contribution in [1.29, 1.82) is 0 Å². The molecule has 1 N–H and O–H groups in total. The molecule has 7 heteroatoms.